The molecule has 0 unspecified atom stereocenters. The molecule has 39 heavy (non-hydrogen) atoms. The minimum Gasteiger partial charge on any atom is -0.444 e. The van der Waals surface area contributed by atoms with Gasteiger partial charge in [0.05, 0.1) is 18.8 Å². The number of carbonyl (C=O) groups is 2. The molecule has 1 aliphatic heterocycles. The van der Waals surface area contributed by atoms with E-state index in [4.69, 9.17) is 18.9 Å². The highest BCUT2D eigenvalue weighted by atomic mass is 16.6. The zero-order chi connectivity index (χ0) is 28.7. The first-order valence-corrected chi connectivity index (χ1v) is 14.7. The van der Waals surface area contributed by atoms with Crippen molar-refractivity contribution in [2.75, 3.05) is 6.61 Å². The van der Waals surface area contributed by atoms with Gasteiger partial charge in [0.25, 0.3) is 0 Å². The molecule has 216 valence electrons. The van der Waals surface area contributed by atoms with Crippen molar-refractivity contribution in [3.8, 4) is 0 Å². The van der Waals surface area contributed by atoms with Crippen LogP contribution in [0.2, 0.25) is 0 Å². The van der Waals surface area contributed by atoms with Crippen LogP contribution in [0.5, 0.6) is 0 Å². The number of rotatable bonds is 10. The predicted molar refractivity (Wildman–Crippen MR) is 151 cm³/mol. The molecular weight excluding hydrogens is 494 g/mol. The summed E-state index contributed by atoms with van der Waals surface area (Å²) in [5, 5.41) is 0. The van der Waals surface area contributed by atoms with E-state index in [0.717, 1.165) is 42.5 Å². The number of furan rings is 1. The number of hydrogen-bond acceptors (Lipinski definition) is 7. The Bertz CT molecular complexity index is 1190. The number of aromatic nitrogens is 2. The summed E-state index contributed by atoms with van der Waals surface area (Å²) in [4.78, 5) is 37.5. The maximum absolute atomic E-state index is 13.2. The fourth-order valence-electron chi connectivity index (χ4n) is 5.81. The summed E-state index contributed by atoms with van der Waals surface area (Å²) in [6.45, 7) is 18.5. The monoisotopic (exact) mass is 541 g/mol. The lowest BCUT2D eigenvalue weighted by Crippen LogP contribution is -2.52. The van der Waals surface area contributed by atoms with Crippen molar-refractivity contribution in [1.29, 1.82) is 0 Å². The molecule has 2 aromatic heterocycles. The molecule has 0 N–H and O–H groups in total. The molecule has 8 nitrogen and oxygen atoms in total. The first-order chi connectivity index (χ1) is 18.2. The molecule has 1 amide bonds. The van der Waals surface area contributed by atoms with Gasteiger partial charge in [0.15, 0.2) is 5.78 Å². The van der Waals surface area contributed by atoms with Gasteiger partial charge in [-0.1, -0.05) is 27.7 Å². The Kier molecular flexibility index (Phi) is 8.46. The first-order valence-electron chi connectivity index (χ1n) is 14.7. The largest absolute Gasteiger partial charge is 0.444 e. The summed E-state index contributed by atoms with van der Waals surface area (Å²) >= 11 is 0. The molecule has 3 heterocycles. The minimum absolute atomic E-state index is 0.00580. The Morgan fingerprint density at radius 2 is 1.87 bits per heavy atom. The summed E-state index contributed by atoms with van der Waals surface area (Å²) in [5.41, 5.74) is 1.49. The summed E-state index contributed by atoms with van der Waals surface area (Å²) < 4.78 is 17.9. The van der Waals surface area contributed by atoms with Crippen LogP contribution in [0.15, 0.2) is 10.6 Å². The van der Waals surface area contributed by atoms with Crippen molar-refractivity contribution < 1.29 is 23.5 Å². The Morgan fingerprint density at radius 1 is 1.18 bits per heavy atom. The SMILES string of the molecule is CC(C)C[C@H](CCCC(=O)c1cnc2oc(C(C)C)c(C3CC3)c2n1)[C@@H]1COC(C)(C)N1C(=O)OC(C)(C)C. The van der Waals surface area contributed by atoms with Gasteiger partial charge in [0, 0.05) is 17.9 Å². The van der Waals surface area contributed by atoms with Crippen molar-refractivity contribution in [1.82, 2.24) is 14.9 Å². The lowest BCUT2D eigenvalue weighted by Gasteiger charge is -2.38. The molecule has 2 atom stereocenters. The number of ether oxygens (including phenoxy) is 2. The molecule has 1 saturated heterocycles. The predicted octanol–water partition coefficient (Wildman–Crippen LogP) is 7.61. The molecule has 0 aromatic carbocycles. The van der Waals surface area contributed by atoms with Crippen LogP contribution in [0.25, 0.3) is 11.2 Å². The van der Waals surface area contributed by atoms with Crippen molar-refractivity contribution in [3.05, 3.63) is 23.2 Å². The molecule has 1 saturated carbocycles. The second-order valence-electron chi connectivity index (χ2n) is 13.6. The highest BCUT2D eigenvalue weighted by molar-refractivity contribution is 5.95. The Balaban J connectivity index is 1.47. The van der Waals surface area contributed by atoms with E-state index in [0.29, 0.717) is 42.7 Å². The zero-order valence-corrected chi connectivity index (χ0v) is 25.3. The maximum atomic E-state index is 13.2. The highest BCUT2D eigenvalue weighted by Gasteiger charge is 2.48. The second kappa shape index (κ2) is 11.2. The van der Waals surface area contributed by atoms with Crippen LogP contribution in [-0.2, 0) is 9.47 Å². The summed E-state index contributed by atoms with van der Waals surface area (Å²) in [6, 6.07) is -0.107. The molecule has 2 fully saturated rings. The molecule has 0 radical (unpaired) electrons. The number of ketones is 1. The van der Waals surface area contributed by atoms with E-state index in [1.54, 1.807) is 11.1 Å². The number of hydrogen-bond donors (Lipinski definition) is 0. The van der Waals surface area contributed by atoms with Crippen molar-refractivity contribution in [3.63, 3.8) is 0 Å². The van der Waals surface area contributed by atoms with Crippen LogP contribution < -0.4 is 0 Å². The van der Waals surface area contributed by atoms with Crippen LogP contribution in [0, 0.1) is 11.8 Å². The van der Waals surface area contributed by atoms with Crippen LogP contribution in [-0.4, -0.2) is 50.7 Å². The molecule has 2 aromatic rings. The van der Waals surface area contributed by atoms with Gasteiger partial charge in [-0.05, 0) is 84.5 Å². The van der Waals surface area contributed by atoms with Crippen LogP contribution >= 0.6 is 0 Å². The van der Waals surface area contributed by atoms with E-state index >= 15 is 0 Å². The Morgan fingerprint density at radius 3 is 2.46 bits per heavy atom. The average molecular weight is 542 g/mol. The van der Waals surface area contributed by atoms with Gasteiger partial charge in [-0.3, -0.25) is 9.69 Å². The maximum Gasteiger partial charge on any atom is 0.412 e. The molecule has 1 aliphatic carbocycles. The quantitative estimate of drug-likeness (QED) is 0.286. The molecule has 0 bridgehead atoms. The molecular formula is C31H47N3O5. The van der Waals surface area contributed by atoms with Crippen molar-refractivity contribution in [2.24, 2.45) is 11.8 Å². The van der Waals surface area contributed by atoms with Crippen LogP contribution in [0.1, 0.15) is 134 Å². The smallest absolute Gasteiger partial charge is 0.412 e. The number of nitrogens with zero attached hydrogens (tertiary/aromatic N) is 3. The summed E-state index contributed by atoms with van der Waals surface area (Å²) in [5.74, 6) is 2.29. The van der Waals surface area contributed by atoms with Crippen molar-refractivity contribution >= 4 is 23.1 Å². The van der Waals surface area contributed by atoms with Gasteiger partial charge in [-0.25, -0.2) is 14.8 Å². The molecule has 4 rings (SSSR count). The third-order valence-corrected chi connectivity index (χ3v) is 7.67. The van der Waals surface area contributed by atoms with Crippen LogP contribution in [0.4, 0.5) is 4.79 Å². The second-order valence-corrected chi connectivity index (χ2v) is 13.6. The first kappa shape index (κ1) is 29.5. The fraction of sp³-hybridized carbons (Fsp3) is 0.742. The Labute approximate surface area is 233 Å². The highest BCUT2D eigenvalue weighted by Crippen LogP contribution is 2.47. The van der Waals surface area contributed by atoms with Crippen LogP contribution in [0.3, 0.4) is 0 Å². The number of amides is 1. The van der Waals surface area contributed by atoms with Gasteiger partial charge >= 0.3 is 6.09 Å². The summed E-state index contributed by atoms with van der Waals surface area (Å²) in [6.07, 6.45) is 6.29. The molecule has 2 aliphatic rings. The number of Topliss-reactive ketones (excluding diaryl/α,β-unsaturated/α-hetero) is 1. The Hall–Kier alpha value is -2.48. The van der Waals surface area contributed by atoms with Gasteiger partial charge < -0.3 is 13.9 Å². The lowest BCUT2D eigenvalue weighted by molar-refractivity contribution is -0.0649. The number of fused-ring (bicyclic) bond motifs is 1. The summed E-state index contributed by atoms with van der Waals surface area (Å²) in [7, 11) is 0. The van der Waals surface area contributed by atoms with E-state index in [1.165, 1.54) is 0 Å². The van der Waals surface area contributed by atoms with Gasteiger partial charge in [-0.15, -0.1) is 0 Å². The van der Waals surface area contributed by atoms with E-state index in [1.807, 2.05) is 34.6 Å². The molecule has 0 spiro atoms. The normalized spacial score (nSPS) is 20.3. The van der Waals surface area contributed by atoms with E-state index in [-0.39, 0.29) is 29.8 Å². The zero-order valence-electron chi connectivity index (χ0n) is 25.3. The van der Waals surface area contributed by atoms with Gasteiger partial charge in [-0.2, -0.15) is 0 Å². The van der Waals surface area contributed by atoms with E-state index in [9.17, 15) is 9.59 Å². The minimum atomic E-state index is -0.748. The number of carbonyl (C=O) groups excluding carboxylic acids is 2. The van der Waals surface area contributed by atoms with Gasteiger partial charge in [0.1, 0.15) is 28.3 Å². The topological polar surface area (TPSA) is 94.8 Å². The van der Waals surface area contributed by atoms with Gasteiger partial charge in [0.2, 0.25) is 5.71 Å². The standard InChI is InChI=1S/C31H47N3O5/c1-18(2)15-21(23-17-37-31(8,9)34(23)29(36)39-30(5,6)7)11-10-12-24(35)22-16-32-28-26(33-22)25(20-13-14-20)27(38-28)19(3)4/h16,18-21,23H,10-15,17H2,1-9H3/t21-,23-/m0/s1. The average Bonchev–Trinajstić information content (AvgIpc) is 3.49. The fourth-order valence-corrected chi connectivity index (χ4v) is 5.81. The molecule has 8 heteroatoms. The van der Waals surface area contributed by atoms with E-state index < -0.39 is 11.3 Å². The third kappa shape index (κ3) is 6.82. The van der Waals surface area contributed by atoms with E-state index in [2.05, 4.69) is 32.7 Å². The lowest BCUT2D eigenvalue weighted by atomic mass is 9.85. The van der Waals surface area contributed by atoms with Crippen molar-refractivity contribution in [2.45, 2.75) is 130 Å². The third-order valence-electron chi connectivity index (χ3n) is 7.67.